The molecule has 0 radical (unpaired) electrons. The van der Waals surface area contributed by atoms with Gasteiger partial charge in [-0.3, -0.25) is 4.79 Å². The lowest BCUT2D eigenvalue weighted by molar-refractivity contribution is -0.135. The summed E-state index contributed by atoms with van der Waals surface area (Å²) >= 11 is 0. The number of piperazine rings is 2. The SMILES string of the molecule is CN1CC2(CCCC2)N2C(=CC3C=NC(Nc4ccc(N5CCNCC5)cn4)=NC32)C1=O. The van der Waals surface area contributed by atoms with Crippen molar-refractivity contribution in [1.29, 1.82) is 0 Å². The highest BCUT2D eigenvalue weighted by Crippen LogP contribution is 2.47. The summed E-state index contributed by atoms with van der Waals surface area (Å²) < 4.78 is 0. The van der Waals surface area contributed by atoms with Crippen LogP contribution in [0.2, 0.25) is 0 Å². The Labute approximate surface area is 188 Å². The topological polar surface area (TPSA) is 88.5 Å². The van der Waals surface area contributed by atoms with Crippen molar-refractivity contribution in [3.63, 3.8) is 0 Å². The van der Waals surface area contributed by atoms with Crippen LogP contribution in [0, 0.1) is 5.92 Å². The van der Waals surface area contributed by atoms with Crippen LogP contribution in [-0.2, 0) is 4.79 Å². The number of nitrogens with zero attached hydrogens (tertiary/aromatic N) is 6. The van der Waals surface area contributed by atoms with Crippen molar-refractivity contribution >= 4 is 29.6 Å². The molecule has 1 aromatic rings. The number of carbonyl (C=O) groups is 1. The van der Waals surface area contributed by atoms with E-state index < -0.39 is 0 Å². The summed E-state index contributed by atoms with van der Waals surface area (Å²) in [4.78, 5) is 33.6. The number of hydrogen-bond donors (Lipinski definition) is 2. The number of nitrogens with one attached hydrogen (secondary N) is 2. The maximum atomic E-state index is 12.9. The molecule has 1 aromatic heterocycles. The lowest BCUT2D eigenvalue weighted by Crippen LogP contribution is -2.62. The van der Waals surface area contributed by atoms with Crippen molar-refractivity contribution in [2.45, 2.75) is 37.4 Å². The highest BCUT2D eigenvalue weighted by Gasteiger charge is 2.54. The summed E-state index contributed by atoms with van der Waals surface area (Å²) in [5.74, 6) is 1.42. The normalized spacial score (nSPS) is 28.5. The molecule has 0 bridgehead atoms. The first-order valence-electron chi connectivity index (χ1n) is 11.7. The van der Waals surface area contributed by atoms with E-state index in [9.17, 15) is 4.79 Å². The van der Waals surface area contributed by atoms with Gasteiger partial charge >= 0.3 is 0 Å². The molecule has 2 unspecified atom stereocenters. The second kappa shape index (κ2) is 7.58. The Morgan fingerprint density at radius 1 is 1.19 bits per heavy atom. The van der Waals surface area contributed by atoms with E-state index in [2.05, 4.69) is 42.6 Å². The van der Waals surface area contributed by atoms with Gasteiger partial charge in [0.25, 0.3) is 5.91 Å². The number of aliphatic imine (C=N–C) groups is 2. The summed E-state index contributed by atoms with van der Waals surface area (Å²) in [6.45, 7) is 4.77. The minimum atomic E-state index is -0.110. The fourth-order valence-corrected chi connectivity index (χ4v) is 5.92. The highest BCUT2D eigenvalue weighted by molar-refractivity contribution is 6.01. The number of anilines is 2. The molecule has 0 aromatic carbocycles. The van der Waals surface area contributed by atoms with Crippen LogP contribution in [0.1, 0.15) is 25.7 Å². The second-order valence-electron chi connectivity index (χ2n) is 9.50. The number of amides is 1. The van der Waals surface area contributed by atoms with Gasteiger partial charge in [-0.1, -0.05) is 12.8 Å². The van der Waals surface area contributed by atoms with Gasteiger partial charge in [0.15, 0.2) is 0 Å². The summed E-state index contributed by atoms with van der Waals surface area (Å²) in [5.41, 5.74) is 1.93. The zero-order chi connectivity index (χ0) is 21.7. The molecule has 32 heavy (non-hydrogen) atoms. The van der Waals surface area contributed by atoms with E-state index in [0.29, 0.717) is 5.96 Å². The third kappa shape index (κ3) is 3.18. The molecule has 2 saturated heterocycles. The van der Waals surface area contributed by atoms with E-state index in [0.717, 1.165) is 62.8 Å². The van der Waals surface area contributed by atoms with Crippen LogP contribution < -0.4 is 15.5 Å². The number of guanidine groups is 1. The number of likely N-dealkylation sites (N-methyl/N-ethyl adjacent to an activating group) is 1. The number of fused-ring (bicyclic) bond motifs is 4. The molecule has 6 rings (SSSR count). The van der Waals surface area contributed by atoms with Crippen molar-refractivity contribution in [2.75, 3.05) is 50.0 Å². The molecule has 2 atom stereocenters. The predicted octanol–water partition coefficient (Wildman–Crippen LogP) is 1.27. The minimum absolute atomic E-state index is 0.00308. The van der Waals surface area contributed by atoms with Gasteiger partial charge in [0.1, 0.15) is 17.7 Å². The van der Waals surface area contributed by atoms with Crippen LogP contribution in [-0.4, -0.2) is 84.3 Å². The van der Waals surface area contributed by atoms with Crippen molar-refractivity contribution in [1.82, 2.24) is 20.1 Å². The van der Waals surface area contributed by atoms with Gasteiger partial charge in [0.05, 0.1) is 23.3 Å². The molecule has 9 heteroatoms. The van der Waals surface area contributed by atoms with Gasteiger partial charge in [-0.25, -0.2) is 15.0 Å². The van der Waals surface area contributed by atoms with Gasteiger partial charge in [-0.2, -0.15) is 0 Å². The van der Waals surface area contributed by atoms with Gasteiger partial charge in [-0.05, 0) is 31.1 Å². The Hall–Kier alpha value is -2.94. The molecular weight excluding hydrogens is 404 g/mol. The maximum absolute atomic E-state index is 12.9. The summed E-state index contributed by atoms with van der Waals surface area (Å²) in [5, 5.41) is 6.66. The van der Waals surface area contributed by atoms with Crippen LogP contribution >= 0.6 is 0 Å². The standard InChI is InChI=1S/C23H30N8O/c1-29-15-23(6-2-3-7-23)31-18(21(29)32)12-16-13-26-22(28-20(16)31)27-19-5-4-17(14-25-19)30-10-8-24-9-11-30/h4-5,12-14,16,20,24H,2-3,6-11,15H2,1H3,(H,25,27,28). The van der Waals surface area contributed by atoms with Crippen LogP contribution in [0.15, 0.2) is 40.1 Å². The van der Waals surface area contributed by atoms with Crippen molar-refractivity contribution in [3.05, 3.63) is 30.1 Å². The summed E-state index contributed by atoms with van der Waals surface area (Å²) in [6.07, 6.45) is 10.4. The smallest absolute Gasteiger partial charge is 0.269 e. The lowest BCUT2D eigenvalue weighted by Gasteiger charge is -2.50. The first kappa shape index (κ1) is 19.7. The average Bonchev–Trinajstić information content (AvgIpc) is 3.44. The van der Waals surface area contributed by atoms with Gasteiger partial charge in [-0.15, -0.1) is 0 Å². The molecule has 1 amide bonds. The van der Waals surface area contributed by atoms with Crippen LogP contribution in [0.25, 0.3) is 0 Å². The van der Waals surface area contributed by atoms with Crippen molar-refractivity contribution in [2.24, 2.45) is 15.9 Å². The number of aromatic nitrogens is 1. The molecular formula is C23H30N8O. The monoisotopic (exact) mass is 434 g/mol. The third-order valence-electron chi connectivity index (χ3n) is 7.45. The van der Waals surface area contributed by atoms with Gasteiger partial charge in [0, 0.05) is 46.0 Å². The molecule has 1 aliphatic carbocycles. The van der Waals surface area contributed by atoms with E-state index in [4.69, 9.17) is 4.99 Å². The second-order valence-corrected chi connectivity index (χ2v) is 9.50. The van der Waals surface area contributed by atoms with Crippen molar-refractivity contribution < 1.29 is 4.79 Å². The van der Waals surface area contributed by atoms with Crippen molar-refractivity contribution in [3.8, 4) is 0 Å². The number of carbonyl (C=O) groups excluding carboxylic acids is 1. The number of rotatable bonds is 2. The summed E-state index contributed by atoms with van der Waals surface area (Å²) in [6, 6.07) is 4.08. The Morgan fingerprint density at radius 3 is 2.75 bits per heavy atom. The van der Waals surface area contributed by atoms with E-state index in [1.807, 2.05) is 30.4 Å². The Morgan fingerprint density at radius 2 is 2.00 bits per heavy atom. The van der Waals surface area contributed by atoms with E-state index in [1.165, 1.54) is 12.8 Å². The summed E-state index contributed by atoms with van der Waals surface area (Å²) in [7, 11) is 1.92. The molecule has 5 heterocycles. The Balaban J connectivity index is 1.22. The quantitative estimate of drug-likeness (QED) is 0.729. The third-order valence-corrected chi connectivity index (χ3v) is 7.45. The maximum Gasteiger partial charge on any atom is 0.269 e. The fourth-order valence-electron chi connectivity index (χ4n) is 5.92. The zero-order valence-corrected chi connectivity index (χ0v) is 18.5. The number of hydrogen-bond acceptors (Lipinski definition) is 8. The van der Waals surface area contributed by atoms with E-state index >= 15 is 0 Å². The van der Waals surface area contributed by atoms with E-state index in [-0.39, 0.29) is 23.5 Å². The van der Waals surface area contributed by atoms with Crippen LogP contribution in [0.3, 0.4) is 0 Å². The molecule has 1 spiro atoms. The molecule has 9 nitrogen and oxygen atoms in total. The van der Waals surface area contributed by atoms with Crippen LogP contribution in [0.5, 0.6) is 0 Å². The minimum Gasteiger partial charge on any atom is -0.368 e. The molecule has 4 aliphatic heterocycles. The number of pyridine rings is 1. The first-order chi connectivity index (χ1) is 15.6. The Kier molecular flexibility index (Phi) is 4.67. The van der Waals surface area contributed by atoms with Gasteiger partial charge in [0.2, 0.25) is 5.96 Å². The molecule has 5 aliphatic rings. The van der Waals surface area contributed by atoms with E-state index in [1.54, 1.807) is 0 Å². The molecule has 168 valence electrons. The Bertz CT molecular complexity index is 988. The average molecular weight is 435 g/mol. The first-order valence-corrected chi connectivity index (χ1v) is 11.7. The zero-order valence-electron chi connectivity index (χ0n) is 18.5. The van der Waals surface area contributed by atoms with Crippen LogP contribution in [0.4, 0.5) is 11.5 Å². The highest BCUT2D eigenvalue weighted by atomic mass is 16.2. The largest absolute Gasteiger partial charge is 0.368 e. The predicted molar refractivity (Wildman–Crippen MR) is 125 cm³/mol. The fraction of sp³-hybridized carbons (Fsp3) is 0.565. The van der Waals surface area contributed by atoms with Gasteiger partial charge < -0.3 is 25.3 Å². The molecule has 1 saturated carbocycles. The molecule has 2 N–H and O–H groups in total. The lowest BCUT2D eigenvalue weighted by atomic mass is 9.90. The molecule has 3 fully saturated rings.